The molecule has 3 nitrogen and oxygen atoms in total. The van der Waals surface area contributed by atoms with Gasteiger partial charge in [0.2, 0.25) is 0 Å². The molecule has 0 aromatic heterocycles. The Bertz CT molecular complexity index is 462. The normalized spacial score (nSPS) is 19.2. The predicted molar refractivity (Wildman–Crippen MR) is 87.6 cm³/mol. The topological polar surface area (TPSA) is 32.3 Å². The maximum Gasteiger partial charge on any atom is 0.256 e. The highest BCUT2D eigenvalue weighted by molar-refractivity contribution is 8.00. The number of rotatable bonds is 4. The average molecular weight is 292 g/mol. The van der Waals surface area contributed by atoms with Crippen molar-refractivity contribution in [1.82, 2.24) is 4.90 Å². The monoisotopic (exact) mass is 292 g/mol. The Morgan fingerprint density at radius 3 is 2.90 bits per heavy atom. The Labute approximate surface area is 126 Å². The zero-order valence-electron chi connectivity index (χ0n) is 12.6. The second kappa shape index (κ2) is 7.02. The van der Waals surface area contributed by atoms with Gasteiger partial charge < -0.3 is 10.2 Å². The highest BCUT2D eigenvalue weighted by Crippen LogP contribution is 2.24. The first-order chi connectivity index (χ1) is 9.61. The van der Waals surface area contributed by atoms with E-state index in [1.165, 1.54) is 0 Å². The summed E-state index contributed by atoms with van der Waals surface area (Å²) in [4.78, 5) is 14.7. The number of benzene rings is 1. The number of carbonyl (C=O) groups is 1. The average Bonchev–Trinajstić information content (AvgIpc) is 2.46. The number of nitrogens with one attached hydrogen (secondary N) is 1. The van der Waals surface area contributed by atoms with E-state index in [0.717, 1.165) is 36.5 Å². The molecule has 1 aromatic rings. The van der Waals surface area contributed by atoms with Gasteiger partial charge in [0.05, 0.1) is 5.56 Å². The van der Waals surface area contributed by atoms with Gasteiger partial charge in [-0.25, -0.2) is 0 Å². The SMILES string of the molecule is CCC1CN(C(=O)c2ccccc2NC(C)C)CCS1. The molecule has 0 spiro atoms. The molecule has 1 aliphatic rings. The molecule has 1 saturated heterocycles. The van der Waals surface area contributed by atoms with Crippen molar-refractivity contribution < 1.29 is 4.79 Å². The molecule has 1 N–H and O–H groups in total. The molecule has 1 heterocycles. The van der Waals surface area contributed by atoms with Crippen LogP contribution in [0.1, 0.15) is 37.6 Å². The van der Waals surface area contributed by atoms with Crippen LogP contribution in [-0.4, -0.2) is 40.9 Å². The largest absolute Gasteiger partial charge is 0.382 e. The highest BCUT2D eigenvalue weighted by atomic mass is 32.2. The lowest BCUT2D eigenvalue weighted by Gasteiger charge is -2.32. The first-order valence-electron chi connectivity index (χ1n) is 7.38. The third-order valence-corrected chi connectivity index (χ3v) is 4.86. The van der Waals surface area contributed by atoms with Crippen molar-refractivity contribution in [2.24, 2.45) is 0 Å². The summed E-state index contributed by atoms with van der Waals surface area (Å²) in [6.45, 7) is 8.10. The summed E-state index contributed by atoms with van der Waals surface area (Å²) in [7, 11) is 0. The van der Waals surface area contributed by atoms with E-state index in [1.54, 1.807) is 0 Å². The third kappa shape index (κ3) is 3.69. The second-order valence-electron chi connectivity index (χ2n) is 5.50. The summed E-state index contributed by atoms with van der Waals surface area (Å²) in [5, 5.41) is 3.95. The minimum atomic E-state index is 0.160. The Balaban J connectivity index is 2.16. The van der Waals surface area contributed by atoms with Crippen LogP contribution < -0.4 is 5.32 Å². The van der Waals surface area contributed by atoms with Gasteiger partial charge >= 0.3 is 0 Å². The van der Waals surface area contributed by atoms with Gasteiger partial charge in [-0.2, -0.15) is 11.8 Å². The Morgan fingerprint density at radius 2 is 2.20 bits per heavy atom. The molecule has 1 atom stereocenters. The van der Waals surface area contributed by atoms with Crippen molar-refractivity contribution in [3.8, 4) is 0 Å². The molecule has 0 saturated carbocycles. The van der Waals surface area contributed by atoms with Crippen LogP contribution in [-0.2, 0) is 0 Å². The summed E-state index contributed by atoms with van der Waals surface area (Å²) in [5.41, 5.74) is 1.74. The van der Waals surface area contributed by atoms with Crippen LogP contribution in [0.25, 0.3) is 0 Å². The standard InChI is InChI=1S/C16H24N2OS/c1-4-13-11-18(9-10-20-13)16(19)14-7-5-6-8-15(14)17-12(2)3/h5-8,12-13,17H,4,9-11H2,1-3H3. The Morgan fingerprint density at radius 1 is 1.45 bits per heavy atom. The highest BCUT2D eigenvalue weighted by Gasteiger charge is 2.25. The molecule has 0 radical (unpaired) electrons. The minimum Gasteiger partial charge on any atom is -0.382 e. The van der Waals surface area contributed by atoms with Gasteiger partial charge in [-0.15, -0.1) is 0 Å². The Hall–Kier alpha value is -1.16. The Kier molecular flexibility index (Phi) is 5.35. The molecular formula is C16H24N2OS. The van der Waals surface area contributed by atoms with Crippen LogP contribution in [0.15, 0.2) is 24.3 Å². The fraction of sp³-hybridized carbons (Fsp3) is 0.562. The van der Waals surface area contributed by atoms with Gasteiger partial charge in [-0.3, -0.25) is 4.79 Å². The smallest absolute Gasteiger partial charge is 0.256 e. The summed E-state index contributed by atoms with van der Waals surface area (Å²) in [5.74, 6) is 1.21. The molecule has 1 unspecified atom stereocenters. The maximum atomic E-state index is 12.7. The van der Waals surface area contributed by atoms with Crippen molar-refractivity contribution in [3.63, 3.8) is 0 Å². The van der Waals surface area contributed by atoms with Crippen molar-refractivity contribution >= 4 is 23.4 Å². The van der Waals surface area contributed by atoms with Crippen molar-refractivity contribution in [2.75, 3.05) is 24.2 Å². The molecule has 1 amide bonds. The van der Waals surface area contributed by atoms with Gasteiger partial charge in [-0.05, 0) is 32.4 Å². The number of thioether (sulfide) groups is 1. The van der Waals surface area contributed by atoms with E-state index < -0.39 is 0 Å². The fourth-order valence-electron chi connectivity index (χ4n) is 2.43. The number of anilines is 1. The van der Waals surface area contributed by atoms with Crippen LogP contribution in [0.4, 0.5) is 5.69 Å². The molecule has 20 heavy (non-hydrogen) atoms. The molecular weight excluding hydrogens is 268 g/mol. The van der Waals surface area contributed by atoms with Gasteiger partial charge in [0.25, 0.3) is 5.91 Å². The van der Waals surface area contributed by atoms with E-state index >= 15 is 0 Å². The number of hydrogen-bond donors (Lipinski definition) is 1. The fourth-order valence-corrected chi connectivity index (χ4v) is 3.61. The molecule has 2 rings (SSSR count). The van der Waals surface area contributed by atoms with Gasteiger partial charge in [0, 0.05) is 35.8 Å². The van der Waals surface area contributed by atoms with Crippen molar-refractivity contribution in [1.29, 1.82) is 0 Å². The summed E-state index contributed by atoms with van der Waals surface area (Å²) in [6, 6.07) is 8.15. The molecule has 110 valence electrons. The van der Waals surface area contributed by atoms with Crippen LogP contribution in [0, 0.1) is 0 Å². The molecule has 1 aliphatic heterocycles. The van der Waals surface area contributed by atoms with Crippen LogP contribution in [0.5, 0.6) is 0 Å². The quantitative estimate of drug-likeness (QED) is 0.922. The maximum absolute atomic E-state index is 12.7. The molecule has 0 aliphatic carbocycles. The van der Waals surface area contributed by atoms with Gasteiger partial charge in [0.15, 0.2) is 0 Å². The molecule has 1 fully saturated rings. The van der Waals surface area contributed by atoms with Crippen LogP contribution in [0.3, 0.4) is 0 Å². The van der Waals surface area contributed by atoms with E-state index in [1.807, 2.05) is 40.9 Å². The van der Waals surface area contributed by atoms with E-state index in [0.29, 0.717) is 11.3 Å². The number of hydrogen-bond acceptors (Lipinski definition) is 3. The van der Waals surface area contributed by atoms with Crippen LogP contribution in [0.2, 0.25) is 0 Å². The lowest BCUT2D eigenvalue weighted by molar-refractivity contribution is 0.0762. The zero-order valence-corrected chi connectivity index (χ0v) is 13.4. The van der Waals surface area contributed by atoms with Crippen molar-refractivity contribution in [2.45, 2.75) is 38.5 Å². The number of amides is 1. The zero-order chi connectivity index (χ0) is 14.5. The van der Waals surface area contributed by atoms with Crippen LogP contribution >= 0.6 is 11.8 Å². The number of para-hydroxylation sites is 1. The van der Waals surface area contributed by atoms with Gasteiger partial charge in [-0.1, -0.05) is 19.1 Å². The number of nitrogens with zero attached hydrogens (tertiary/aromatic N) is 1. The predicted octanol–water partition coefficient (Wildman–Crippen LogP) is 3.47. The van der Waals surface area contributed by atoms with E-state index in [4.69, 9.17) is 0 Å². The lowest BCUT2D eigenvalue weighted by Crippen LogP contribution is -2.42. The first-order valence-corrected chi connectivity index (χ1v) is 8.43. The number of carbonyl (C=O) groups excluding carboxylic acids is 1. The first kappa shape index (κ1) is 15.2. The summed E-state index contributed by atoms with van der Waals surface area (Å²) >= 11 is 1.98. The molecule has 0 bridgehead atoms. The lowest BCUT2D eigenvalue weighted by atomic mass is 10.1. The molecule has 1 aromatic carbocycles. The second-order valence-corrected chi connectivity index (χ2v) is 6.91. The molecule has 4 heteroatoms. The van der Waals surface area contributed by atoms with Gasteiger partial charge in [0.1, 0.15) is 0 Å². The third-order valence-electron chi connectivity index (χ3n) is 3.48. The summed E-state index contributed by atoms with van der Waals surface area (Å²) in [6.07, 6.45) is 1.13. The van der Waals surface area contributed by atoms with E-state index in [9.17, 15) is 4.79 Å². The summed E-state index contributed by atoms with van der Waals surface area (Å²) < 4.78 is 0. The van der Waals surface area contributed by atoms with E-state index in [2.05, 4.69) is 26.1 Å². The minimum absolute atomic E-state index is 0.160. The van der Waals surface area contributed by atoms with E-state index in [-0.39, 0.29) is 5.91 Å². The van der Waals surface area contributed by atoms with Crippen molar-refractivity contribution in [3.05, 3.63) is 29.8 Å².